The lowest BCUT2D eigenvalue weighted by Gasteiger charge is -2.27. The van der Waals surface area contributed by atoms with Gasteiger partial charge in [-0.05, 0) is 50.2 Å². The molecule has 0 aromatic heterocycles. The second kappa shape index (κ2) is 5.65. The Kier molecular flexibility index (Phi) is 4.12. The minimum absolute atomic E-state index is 0.195. The van der Waals surface area contributed by atoms with Gasteiger partial charge in [0.05, 0.1) is 0 Å². The molecule has 0 fully saturated rings. The molecule has 0 saturated heterocycles. The highest BCUT2D eigenvalue weighted by Crippen LogP contribution is 2.33. The molecule has 20 heavy (non-hydrogen) atoms. The Balaban J connectivity index is 2.05. The number of aliphatic carboxylic acids is 1. The van der Waals surface area contributed by atoms with Crippen LogP contribution in [0, 0.1) is 0 Å². The van der Waals surface area contributed by atoms with Crippen LogP contribution in [0.5, 0.6) is 0 Å². The van der Waals surface area contributed by atoms with Gasteiger partial charge in [-0.2, -0.15) is 0 Å². The van der Waals surface area contributed by atoms with Crippen LogP contribution in [0.4, 0.5) is 0 Å². The number of carboxylic acid groups (broad SMARTS) is 1. The molecular weight excluding hydrogens is 254 g/mol. The summed E-state index contributed by atoms with van der Waals surface area (Å²) in [6.07, 6.45) is 3.48. The van der Waals surface area contributed by atoms with Gasteiger partial charge in [-0.3, -0.25) is 4.79 Å². The van der Waals surface area contributed by atoms with Gasteiger partial charge in [0.1, 0.15) is 5.54 Å². The number of nitrogens with one attached hydrogen (secondary N) is 1. The minimum atomic E-state index is -1.22. The average Bonchev–Trinajstić information content (AvgIpc) is 2.38. The number of carboxylic acids is 1. The van der Waals surface area contributed by atoms with Gasteiger partial charge in [0.25, 0.3) is 0 Å². The van der Waals surface area contributed by atoms with Crippen molar-refractivity contribution in [2.24, 2.45) is 0 Å². The van der Waals surface area contributed by atoms with Gasteiger partial charge in [-0.15, -0.1) is 0 Å². The van der Waals surface area contributed by atoms with Crippen molar-refractivity contribution in [1.29, 1.82) is 0 Å². The van der Waals surface area contributed by atoms with Crippen molar-refractivity contribution in [3.63, 3.8) is 0 Å². The third-order valence-corrected chi connectivity index (χ3v) is 3.91. The van der Waals surface area contributed by atoms with E-state index in [2.05, 4.69) is 17.4 Å². The van der Waals surface area contributed by atoms with Crippen LogP contribution in [0.2, 0.25) is 0 Å². The van der Waals surface area contributed by atoms with Crippen LogP contribution >= 0.6 is 0 Å². The first kappa shape index (κ1) is 14.6. The van der Waals surface area contributed by atoms with Crippen LogP contribution in [0.3, 0.4) is 0 Å². The predicted molar refractivity (Wildman–Crippen MR) is 76.6 cm³/mol. The van der Waals surface area contributed by atoms with Crippen molar-refractivity contribution < 1.29 is 14.7 Å². The molecule has 108 valence electrons. The molecule has 0 heterocycles. The smallest absolute Gasteiger partial charge is 0.328 e. The maximum Gasteiger partial charge on any atom is 0.328 e. The molecule has 4 nitrogen and oxygen atoms in total. The van der Waals surface area contributed by atoms with Gasteiger partial charge in [0.2, 0.25) is 5.91 Å². The zero-order valence-electron chi connectivity index (χ0n) is 12.0. The van der Waals surface area contributed by atoms with E-state index in [9.17, 15) is 9.59 Å². The summed E-state index contributed by atoms with van der Waals surface area (Å²) in [6.45, 7) is 3.00. The van der Waals surface area contributed by atoms with Crippen molar-refractivity contribution in [1.82, 2.24) is 5.32 Å². The summed E-state index contributed by atoms with van der Waals surface area (Å²) in [5, 5.41) is 11.6. The summed E-state index contributed by atoms with van der Waals surface area (Å²) in [6, 6.07) is 8.21. The van der Waals surface area contributed by atoms with Crippen molar-refractivity contribution in [3.8, 4) is 0 Å². The minimum Gasteiger partial charge on any atom is -0.480 e. The lowest BCUT2D eigenvalue weighted by Crippen LogP contribution is -2.50. The second-order valence-electron chi connectivity index (χ2n) is 5.97. The SMILES string of the molecule is CC(C)(NC(=O)CC1CCCc2ccccc21)C(=O)O. The van der Waals surface area contributed by atoms with Gasteiger partial charge in [-0.25, -0.2) is 4.79 Å². The van der Waals surface area contributed by atoms with Gasteiger partial charge < -0.3 is 10.4 Å². The second-order valence-corrected chi connectivity index (χ2v) is 5.97. The fraction of sp³-hybridized carbons (Fsp3) is 0.500. The van der Waals surface area contributed by atoms with Crippen LogP contribution in [0.25, 0.3) is 0 Å². The quantitative estimate of drug-likeness (QED) is 0.887. The summed E-state index contributed by atoms with van der Waals surface area (Å²) in [7, 11) is 0. The van der Waals surface area contributed by atoms with Crippen LogP contribution in [-0.4, -0.2) is 22.5 Å². The van der Waals surface area contributed by atoms with E-state index in [-0.39, 0.29) is 11.8 Å². The zero-order chi connectivity index (χ0) is 14.8. The molecule has 1 amide bonds. The fourth-order valence-electron chi connectivity index (χ4n) is 2.74. The Morgan fingerprint density at radius 3 is 2.75 bits per heavy atom. The molecule has 0 saturated carbocycles. The lowest BCUT2D eigenvalue weighted by atomic mass is 9.81. The Hall–Kier alpha value is -1.84. The number of aryl methyl sites for hydroxylation is 1. The van der Waals surface area contributed by atoms with Crippen LogP contribution in [0.15, 0.2) is 24.3 Å². The highest BCUT2D eigenvalue weighted by Gasteiger charge is 2.30. The first-order valence-electron chi connectivity index (χ1n) is 7.02. The molecule has 1 unspecified atom stereocenters. The number of benzene rings is 1. The van der Waals surface area contributed by atoms with Gasteiger partial charge in [0.15, 0.2) is 0 Å². The van der Waals surface area contributed by atoms with E-state index in [0.29, 0.717) is 6.42 Å². The van der Waals surface area contributed by atoms with Crippen molar-refractivity contribution in [2.75, 3.05) is 0 Å². The summed E-state index contributed by atoms with van der Waals surface area (Å²) >= 11 is 0. The van der Waals surface area contributed by atoms with Crippen molar-refractivity contribution >= 4 is 11.9 Å². The van der Waals surface area contributed by atoms with Gasteiger partial charge in [-0.1, -0.05) is 24.3 Å². The van der Waals surface area contributed by atoms with Gasteiger partial charge in [0, 0.05) is 6.42 Å². The molecule has 2 rings (SSSR count). The molecule has 2 N–H and O–H groups in total. The lowest BCUT2D eigenvalue weighted by molar-refractivity contribution is -0.146. The molecule has 0 spiro atoms. The highest BCUT2D eigenvalue weighted by molar-refractivity contribution is 5.86. The molecule has 0 aliphatic heterocycles. The number of hydrogen-bond donors (Lipinski definition) is 2. The third-order valence-electron chi connectivity index (χ3n) is 3.91. The van der Waals surface area contributed by atoms with Crippen LogP contribution in [-0.2, 0) is 16.0 Å². The summed E-state index contributed by atoms with van der Waals surface area (Å²) in [4.78, 5) is 23.1. The number of carbonyl (C=O) groups is 2. The third kappa shape index (κ3) is 3.18. The average molecular weight is 275 g/mol. The first-order chi connectivity index (χ1) is 9.40. The normalized spacial score (nSPS) is 18.2. The van der Waals surface area contributed by atoms with Crippen LogP contribution < -0.4 is 5.32 Å². The Morgan fingerprint density at radius 2 is 2.05 bits per heavy atom. The summed E-state index contributed by atoms with van der Waals surface area (Å²) in [5.41, 5.74) is 1.33. The molecule has 1 aromatic carbocycles. The van der Waals surface area contributed by atoms with E-state index in [4.69, 9.17) is 5.11 Å². The highest BCUT2D eigenvalue weighted by atomic mass is 16.4. The van der Waals surface area contributed by atoms with Crippen molar-refractivity contribution in [2.45, 2.75) is 51.0 Å². The van der Waals surface area contributed by atoms with E-state index < -0.39 is 11.5 Å². The Morgan fingerprint density at radius 1 is 1.35 bits per heavy atom. The maximum absolute atomic E-state index is 12.1. The number of rotatable bonds is 4. The number of hydrogen-bond acceptors (Lipinski definition) is 2. The van der Waals surface area contributed by atoms with Gasteiger partial charge >= 0.3 is 5.97 Å². The standard InChI is InChI=1S/C16H21NO3/c1-16(2,15(19)20)17-14(18)10-12-8-5-7-11-6-3-4-9-13(11)12/h3-4,6,9,12H,5,7-8,10H2,1-2H3,(H,17,18)(H,19,20). The molecule has 1 aliphatic carbocycles. The number of fused-ring (bicyclic) bond motifs is 1. The largest absolute Gasteiger partial charge is 0.480 e. The Bertz CT molecular complexity index is 522. The zero-order valence-corrected chi connectivity index (χ0v) is 12.0. The maximum atomic E-state index is 12.1. The van der Waals surface area contributed by atoms with Crippen molar-refractivity contribution in [3.05, 3.63) is 35.4 Å². The molecule has 4 heteroatoms. The summed E-state index contributed by atoms with van der Waals surface area (Å²) < 4.78 is 0. The molecule has 1 aromatic rings. The van der Waals surface area contributed by atoms with E-state index in [0.717, 1.165) is 19.3 Å². The fourth-order valence-corrected chi connectivity index (χ4v) is 2.74. The predicted octanol–water partition coefficient (Wildman–Crippen LogP) is 2.48. The van der Waals surface area contributed by atoms with E-state index >= 15 is 0 Å². The van der Waals surface area contributed by atoms with E-state index in [1.165, 1.54) is 25.0 Å². The number of amides is 1. The number of carbonyl (C=O) groups excluding carboxylic acids is 1. The summed E-state index contributed by atoms with van der Waals surface area (Å²) in [5.74, 6) is -1.02. The molecule has 0 bridgehead atoms. The first-order valence-corrected chi connectivity index (χ1v) is 7.02. The van der Waals surface area contributed by atoms with Crippen LogP contribution in [0.1, 0.15) is 50.2 Å². The Labute approximate surface area is 119 Å². The molecule has 1 atom stereocenters. The molecule has 1 aliphatic rings. The van der Waals surface area contributed by atoms with E-state index in [1.807, 2.05) is 12.1 Å². The topological polar surface area (TPSA) is 66.4 Å². The molecule has 0 radical (unpaired) electrons. The van der Waals surface area contributed by atoms with E-state index in [1.54, 1.807) is 0 Å². The monoisotopic (exact) mass is 275 g/mol. The molecular formula is C16H21NO3.